The number of carbonyl (C=O) groups is 3. The summed E-state index contributed by atoms with van der Waals surface area (Å²) in [4.78, 5) is 34.2. The van der Waals surface area contributed by atoms with E-state index in [4.69, 9.17) is 29.5 Å². The molecule has 12 aromatic rings. The Morgan fingerprint density at radius 1 is 0.448 bits per heavy atom. The number of hydrogen-bond acceptors (Lipinski definition) is 12. The molecule has 0 spiro atoms. The van der Waals surface area contributed by atoms with Crippen molar-refractivity contribution in [3.05, 3.63) is 252 Å². The molecule has 0 fully saturated rings. The first-order chi connectivity index (χ1) is 45.9. The molecule has 1 unspecified atom stereocenters. The third-order valence-corrected chi connectivity index (χ3v) is 18.1. The first-order valence-corrected chi connectivity index (χ1v) is 31.9. The minimum Gasteiger partial charge on any atom is -0.508 e. The Morgan fingerprint density at radius 3 is 1.17 bits per heavy atom. The van der Waals surface area contributed by atoms with Crippen molar-refractivity contribution in [3.63, 3.8) is 0 Å². The van der Waals surface area contributed by atoms with Crippen LogP contribution in [0.25, 0.3) is 79.8 Å². The van der Waals surface area contributed by atoms with Crippen molar-refractivity contribution >= 4 is 100 Å². The van der Waals surface area contributed by atoms with Crippen LogP contribution in [0.4, 0.5) is 22.0 Å². The Bertz CT molecular complexity index is 4910. The standard InChI is InChI=1S/C26H21FO4S.C25H17F3O4S.C25H19FO4S/c1-15(2)22-13-17(27)6-10-20(22)26-25(21-11-7-18(28)14-23(21)32-26)31-19-8-3-16(4-9-19)5-12-24(29)30;26-25(27,28)14-16-3-1-2-4-19(16)24-23(20-11-8-17(29)13-21(20)33-24)32-18-9-5-15(6-10-18)7-12-22(30)31;1-15(26)19-4-2-3-5-20(19)25-24(21-12-9-17(27)14-22(21)31-25)30-18-10-6-16(7-11-18)8-13-23(28)29/h3-15,28H,1-2H3,(H,29,30);1-13,29H,14H2,(H,30,31);2-15,27H,1H3,(H,28,29)/b12-5+;12-7+;13-8+. The summed E-state index contributed by atoms with van der Waals surface area (Å²) in [6.07, 6.45) is 1.02. The van der Waals surface area contributed by atoms with E-state index < -0.39 is 36.7 Å². The lowest BCUT2D eigenvalue weighted by molar-refractivity contribution is -0.132. The second-order valence-corrected chi connectivity index (χ2v) is 25.0. The molecule has 12 rings (SSSR count). The molecule has 0 aliphatic heterocycles. The quantitative estimate of drug-likeness (QED) is 0.0351. The molecule has 20 heteroatoms. The predicted octanol–water partition coefficient (Wildman–Crippen LogP) is 21.9. The van der Waals surface area contributed by atoms with Gasteiger partial charge in [0.2, 0.25) is 0 Å². The topological polar surface area (TPSA) is 200 Å². The van der Waals surface area contributed by atoms with Crippen LogP contribution < -0.4 is 14.2 Å². The highest BCUT2D eigenvalue weighted by atomic mass is 32.1. The summed E-state index contributed by atoms with van der Waals surface area (Å²) >= 11 is 4.14. The maximum atomic E-state index is 14.3. The second kappa shape index (κ2) is 29.9. The molecule has 3 heterocycles. The SMILES string of the molecule is CC(C)c1cc(F)ccc1-c1sc2cc(O)ccc2c1Oc1ccc(/C=C/C(=O)O)cc1.CC(F)c1ccccc1-c1sc2cc(O)ccc2c1Oc1ccc(/C=C/C(=O)O)cc1.O=C(O)/C=C/c1ccc(Oc2c(-c3ccccc3CC(F)(F)F)sc3cc(O)ccc23)cc1. The molecule has 0 radical (unpaired) electrons. The number of benzene rings is 9. The maximum Gasteiger partial charge on any atom is 0.393 e. The number of fused-ring (bicyclic) bond motifs is 3. The summed E-state index contributed by atoms with van der Waals surface area (Å²) in [5, 5.41) is 58.4. The van der Waals surface area contributed by atoms with Gasteiger partial charge in [-0.2, -0.15) is 13.2 Å². The van der Waals surface area contributed by atoms with Gasteiger partial charge in [-0.15, -0.1) is 34.0 Å². The predicted molar refractivity (Wildman–Crippen MR) is 370 cm³/mol. The number of rotatable bonds is 18. The fraction of sp³-hybridized carbons (Fsp3) is 0.0921. The Morgan fingerprint density at radius 2 is 0.802 bits per heavy atom. The van der Waals surface area contributed by atoms with Crippen molar-refractivity contribution in [2.75, 3.05) is 0 Å². The van der Waals surface area contributed by atoms with Gasteiger partial charge in [-0.1, -0.05) is 105 Å². The van der Waals surface area contributed by atoms with Crippen molar-refractivity contribution in [3.8, 4) is 83.1 Å². The molecule has 0 amide bonds. The minimum absolute atomic E-state index is 0.0417. The summed E-state index contributed by atoms with van der Waals surface area (Å²) in [7, 11) is 0. The average molecular weight is 1350 g/mol. The van der Waals surface area contributed by atoms with Gasteiger partial charge in [0, 0.05) is 54.0 Å². The van der Waals surface area contributed by atoms with Crippen molar-refractivity contribution in [2.24, 2.45) is 0 Å². The summed E-state index contributed by atoms with van der Waals surface area (Å²) in [5.41, 5.74) is 5.73. The van der Waals surface area contributed by atoms with E-state index in [1.807, 2.05) is 32.0 Å². The first-order valence-electron chi connectivity index (χ1n) is 29.4. The summed E-state index contributed by atoms with van der Waals surface area (Å²) in [5.74, 6) is 0.260. The number of halogens is 5. The van der Waals surface area contributed by atoms with Crippen molar-refractivity contribution in [1.29, 1.82) is 0 Å². The number of aliphatic carboxylic acids is 3. The van der Waals surface area contributed by atoms with Crippen LogP contribution >= 0.6 is 34.0 Å². The van der Waals surface area contributed by atoms with Crippen LogP contribution in [0.2, 0.25) is 0 Å². The molecule has 486 valence electrons. The first kappa shape index (κ1) is 67.8. The highest BCUT2D eigenvalue weighted by Gasteiger charge is 2.31. The Labute approximate surface area is 558 Å². The zero-order valence-corrected chi connectivity index (χ0v) is 53.5. The van der Waals surface area contributed by atoms with Crippen LogP contribution in [0.3, 0.4) is 0 Å². The number of thiophene rings is 3. The zero-order valence-electron chi connectivity index (χ0n) is 51.0. The lowest BCUT2D eigenvalue weighted by atomic mass is 9.95. The van der Waals surface area contributed by atoms with Gasteiger partial charge < -0.3 is 44.8 Å². The monoisotopic (exact) mass is 1350 g/mol. The van der Waals surface area contributed by atoms with Crippen LogP contribution in [-0.4, -0.2) is 54.7 Å². The lowest BCUT2D eigenvalue weighted by Crippen LogP contribution is -2.12. The maximum absolute atomic E-state index is 14.3. The molecule has 9 aromatic carbocycles. The number of carboxylic acids is 3. The molecule has 0 aliphatic rings. The molecule has 0 bridgehead atoms. The molecule has 0 saturated heterocycles. The van der Waals surface area contributed by atoms with Gasteiger partial charge in [0.1, 0.15) is 46.5 Å². The lowest BCUT2D eigenvalue weighted by Gasteiger charge is -2.14. The molecule has 1 atom stereocenters. The van der Waals surface area contributed by atoms with Gasteiger partial charge in [0.15, 0.2) is 17.2 Å². The number of phenolic OH excluding ortho intramolecular Hbond substituents is 3. The van der Waals surface area contributed by atoms with E-state index in [1.165, 1.54) is 77.4 Å². The van der Waals surface area contributed by atoms with Gasteiger partial charge in [0.05, 0.1) is 21.1 Å². The van der Waals surface area contributed by atoms with Crippen LogP contribution in [0, 0.1) is 5.82 Å². The third-order valence-electron chi connectivity index (χ3n) is 14.6. The Hall–Kier alpha value is -11.1. The molecule has 0 aliphatic carbocycles. The number of ether oxygens (including phenoxy) is 3. The van der Waals surface area contributed by atoms with E-state index in [2.05, 4.69) is 0 Å². The number of aromatic hydroxyl groups is 3. The van der Waals surface area contributed by atoms with Gasteiger partial charge in [-0.05, 0) is 179 Å². The minimum atomic E-state index is -4.37. The van der Waals surface area contributed by atoms with E-state index in [1.54, 1.807) is 158 Å². The van der Waals surface area contributed by atoms with E-state index in [9.17, 15) is 51.7 Å². The fourth-order valence-corrected chi connectivity index (χ4v) is 13.8. The number of alkyl halides is 4. The summed E-state index contributed by atoms with van der Waals surface area (Å²) in [6, 6.07) is 53.9. The zero-order chi connectivity index (χ0) is 68.4. The van der Waals surface area contributed by atoms with E-state index in [0.717, 1.165) is 76.0 Å². The highest BCUT2D eigenvalue weighted by Crippen LogP contribution is 2.52. The Balaban J connectivity index is 0.000000157. The van der Waals surface area contributed by atoms with Crippen molar-refractivity contribution < 1.29 is 81.2 Å². The van der Waals surface area contributed by atoms with Crippen molar-refractivity contribution in [2.45, 2.75) is 45.5 Å². The molecular formula is C76H57F5O12S3. The molecule has 6 N–H and O–H groups in total. The largest absolute Gasteiger partial charge is 0.508 e. The van der Waals surface area contributed by atoms with Crippen molar-refractivity contribution in [1.82, 2.24) is 0 Å². The normalized spacial score (nSPS) is 11.9. The smallest absolute Gasteiger partial charge is 0.393 e. The highest BCUT2D eigenvalue weighted by molar-refractivity contribution is 7.23. The number of phenols is 3. The van der Waals surface area contributed by atoms with E-state index in [-0.39, 0.29) is 34.5 Å². The van der Waals surface area contributed by atoms with Gasteiger partial charge >= 0.3 is 24.1 Å². The fourth-order valence-electron chi connectivity index (χ4n) is 10.2. The van der Waals surface area contributed by atoms with Crippen LogP contribution in [0.1, 0.15) is 66.2 Å². The van der Waals surface area contributed by atoms with Gasteiger partial charge in [0.25, 0.3) is 0 Å². The van der Waals surface area contributed by atoms with Crippen LogP contribution in [-0.2, 0) is 20.8 Å². The van der Waals surface area contributed by atoms with Crippen LogP contribution in [0.15, 0.2) is 212 Å². The molecular weight excluding hydrogens is 1300 g/mol. The summed E-state index contributed by atoms with van der Waals surface area (Å²) in [6.45, 7) is 5.53. The molecule has 0 saturated carbocycles. The molecule has 3 aromatic heterocycles. The number of hydrogen-bond donors (Lipinski definition) is 6. The van der Waals surface area contributed by atoms with E-state index >= 15 is 0 Å². The third kappa shape index (κ3) is 17.0. The molecule has 12 nitrogen and oxygen atoms in total. The van der Waals surface area contributed by atoms with E-state index in [0.29, 0.717) is 66.2 Å². The molecule has 96 heavy (non-hydrogen) atoms. The summed E-state index contributed by atoms with van der Waals surface area (Å²) < 4.78 is 88.9. The Kier molecular flexibility index (Phi) is 21.1. The van der Waals surface area contributed by atoms with Gasteiger partial charge in [-0.25, -0.2) is 23.2 Å². The number of carboxylic acid groups (broad SMARTS) is 3. The second-order valence-electron chi connectivity index (χ2n) is 21.9. The van der Waals surface area contributed by atoms with Gasteiger partial charge in [-0.3, -0.25) is 0 Å². The average Bonchev–Trinajstić information content (AvgIpc) is 1.81. The van der Waals surface area contributed by atoms with Crippen LogP contribution in [0.5, 0.6) is 51.7 Å².